The molecule has 0 saturated carbocycles. The van der Waals surface area contributed by atoms with Gasteiger partial charge in [-0.05, 0) is 23.8 Å². The first-order valence-corrected chi connectivity index (χ1v) is 16.2. The molecule has 0 aliphatic rings. The molecule has 3 aromatic rings. The van der Waals surface area contributed by atoms with Gasteiger partial charge in [-0.3, -0.25) is 4.98 Å². The topological polar surface area (TPSA) is 12.9 Å². The van der Waals surface area contributed by atoms with Crippen molar-refractivity contribution in [3.8, 4) is 0 Å². The second-order valence-electron chi connectivity index (χ2n) is 7.83. The van der Waals surface area contributed by atoms with Crippen molar-refractivity contribution in [3.63, 3.8) is 0 Å². The lowest BCUT2D eigenvalue weighted by Crippen LogP contribution is -2.69. The first-order valence-electron chi connectivity index (χ1n) is 9.16. The minimum absolute atomic E-state index is 0.994. The van der Waals surface area contributed by atoms with Crippen molar-refractivity contribution < 1.29 is 0 Å². The van der Waals surface area contributed by atoms with Crippen LogP contribution in [0.1, 0.15) is 11.3 Å². The smallest absolute Gasteiger partial charge is 0.0791 e. The Morgan fingerprint density at radius 3 is 2.00 bits per heavy atom. The van der Waals surface area contributed by atoms with E-state index in [0.29, 0.717) is 0 Å². The second-order valence-corrected chi connectivity index (χ2v) is 23.0. The van der Waals surface area contributed by atoms with E-state index in [0.717, 1.165) is 5.69 Å². The average Bonchev–Trinajstić information content (AvgIpc) is 2.68. The summed E-state index contributed by atoms with van der Waals surface area (Å²) in [7, 11) is -3.15. The van der Waals surface area contributed by atoms with Gasteiger partial charge in [0.2, 0.25) is 0 Å². The van der Waals surface area contributed by atoms with Gasteiger partial charge in [0.05, 0.1) is 20.9 Å². The Balaban J connectivity index is 1.92. The number of benzene rings is 2. The Labute approximate surface area is 159 Å². The molecule has 0 N–H and O–H groups in total. The van der Waals surface area contributed by atoms with Crippen LogP contribution in [0.3, 0.4) is 0 Å². The van der Waals surface area contributed by atoms with Gasteiger partial charge in [0.25, 0.3) is 0 Å². The van der Waals surface area contributed by atoms with E-state index in [1.54, 1.807) is 10.4 Å². The molecule has 2 aromatic carbocycles. The zero-order valence-electron chi connectivity index (χ0n) is 16.1. The summed E-state index contributed by atoms with van der Waals surface area (Å²) in [5.41, 5.74) is 2.25. The molecule has 3 rings (SSSR count). The molecular weight excluding hydrogens is 346 g/mol. The highest BCUT2D eigenvalue weighted by Crippen LogP contribution is 2.20. The van der Waals surface area contributed by atoms with Crippen LogP contribution in [0.4, 0.5) is 0 Å². The molecule has 0 unspecified atom stereocenters. The molecule has 0 aliphatic heterocycles. The predicted molar refractivity (Wildman–Crippen MR) is 120 cm³/mol. The molecule has 0 bridgehead atoms. The Bertz CT molecular complexity index is 884. The summed E-state index contributed by atoms with van der Waals surface area (Å²) >= 11 is 0. The van der Waals surface area contributed by atoms with Crippen molar-refractivity contribution in [2.45, 2.75) is 26.2 Å². The zero-order chi connectivity index (χ0) is 18.6. The summed E-state index contributed by atoms with van der Waals surface area (Å²) in [6, 6.07) is 26.2. The first kappa shape index (κ1) is 18.6. The summed E-state index contributed by atoms with van der Waals surface area (Å²) in [4.78, 5) is 4.37. The quantitative estimate of drug-likeness (QED) is 0.582. The van der Waals surface area contributed by atoms with E-state index in [-0.39, 0.29) is 0 Å². The second kappa shape index (κ2) is 7.56. The third-order valence-electron chi connectivity index (χ3n) is 5.80. The fraction of sp³-hybridized carbons (Fsp3) is 0.174. The number of hydrogen-bond donors (Lipinski definition) is 0. The standard InChI is InChI=1S/C23H27NSi2/c1-25(2,22-13-6-5-7-14-22)26(3,4)23-15-10-11-20(19-23)16-17-21-12-8-9-18-24-21/h5-19H,1-4H3. The molecule has 132 valence electrons. The maximum Gasteiger partial charge on any atom is 0.0791 e. The zero-order valence-corrected chi connectivity index (χ0v) is 18.1. The fourth-order valence-corrected chi connectivity index (χ4v) is 12.1. The fourth-order valence-electron chi connectivity index (χ4n) is 3.26. The van der Waals surface area contributed by atoms with Crippen LogP contribution in [-0.2, 0) is 0 Å². The molecule has 3 heteroatoms. The summed E-state index contributed by atoms with van der Waals surface area (Å²) in [6.07, 6.45) is 6.10. The Morgan fingerprint density at radius 2 is 1.31 bits per heavy atom. The summed E-state index contributed by atoms with van der Waals surface area (Å²) in [6.45, 7) is 10.1. The van der Waals surface area contributed by atoms with E-state index < -0.39 is 15.2 Å². The summed E-state index contributed by atoms with van der Waals surface area (Å²) < 4.78 is 0. The first-order chi connectivity index (χ1) is 12.4. The van der Waals surface area contributed by atoms with Crippen molar-refractivity contribution in [1.29, 1.82) is 0 Å². The lowest BCUT2D eigenvalue weighted by atomic mass is 10.2. The molecule has 1 nitrogen and oxygen atoms in total. The van der Waals surface area contributed by atoms with Crippen molar-refractivity contribution in [2.24, 2.45) is 0 Å². The molecule has 0 radical (unpaired) electrons. The van der Waals surface area contributed by atoms with Gasteiger partial charge < -0.3 is 0 Å². The van der Waals surface area contributed by atoms with Gasteiger partial charge in [-0.2, -0.15) is 0 Å². The Hall–Kier alpha value is -2.24. The van der Waals surface area contributed by atoms with E-state index >= 15 is 0 Å². The lowest BCUT2D eigenvalue weighted by Gasteiger charge is -2.39. The van der Waals surface area contributed by atoms with Gasteiger partial charge in [-0.25, -0.2) is 0 Å². The van der Waals surface area contributed by atoms with Crippen LogP contribution in [0.5, 0.6) is 0 Å². The lowest BCUT2D eigenvalue weighted by molar-refractivity contribution is 1.30. The normalized spacial score (nSPS) is 12.5. The van der Waals surface area contributed by atoms with E-state index in [9.17, 15) is 0 Å². The highest BCUT2D eigenvalue weighted by Gasteiger charge is 2.43. The van der Waals surface area contributed by atoms with Crippen molar-refractivity contribution in [3.05, 3.63) is 90.3 Å². The van der Waals surface area contributed by atoms with Crippen LogP contribution in [0.2, 0.25) is 26.2 Å². The Kier molecular flexibility index (Phi) is 5.39. The van der Waals surface area contributed by atoms with E-state index in [1.807, 2.05) is 24.4 Å². The average molecular weight is 374 g/mol. The SMILES string of the molecule is C[Si](C)(c1ccccc1)[Si](C)(C)c1cccc(C=Cc2ccccn2)c1. The number of aromatic nitrogens is 1. The number of pyridine rings is 1. The highest BCUT2D eigenvalue weighted by atomic mass is 29.3. The van der Waals surface area contributed by atoms with Gasteiger partial charge >= 0.3 is 0 Å². The minimum atomic E-state index is -1.60. The molecule has 1 aromatic heterocycles. The Morgan fingerprint density at radius 1 is 0.654 bits per heavy atom. The summed E-state index contributed by atoms with van der Waals surface area (Å²) in [5, 5.41) is 3.10. The van der Waals surface area contributed by atoms with Gasteiger partial charge in [-0.1, -0.05) is 103 Å². The molecule has 0 aliphatic carbocycles. The maximum atomic E-state index is 4.37. The van der Waals surface area contributed by atoms with Gasteiger partial charge in [0.15, 0.2) is 0 Å². The van der Waals surface area contributed by atoms with Crippen LogP contribution < -0.4 is 10.4 Å². The predicted octanol–water partition coefficient (Wildman–Crippen LogP) is 4.86. The van der Waals surface area contributed by atoms with Crippen LogP contribution in [0.15, 0.2) is 79.0 Å². The third kappa shape index (κ3) is 3.79. The molecule has 0 saturated heterocycles. The summed E-state index contributed by atoms with van der Waals surface area (Å²) in [5.74, 6) is 0. The monoisotopic (exact) mass is 373 g/mol. The molecular formula is C23H27NSi2. The van der Waals surface area contributed by atoms with Crippen LogP contribution in [0.25, 0.3) is 12.2 Å². The highest BCUT2D eigenvalue weighted by molar-refractivity contribution is 7.49. The van der Waals surface area contributed by atoms with Crippen LogP contribution >= 0.6 is 0 Å². The van der Waals surface area contributed by atoms with Crippen molar-refractivity contribution >= 4 is 37.7 Å². The molecule has 0 amide bonds. The molecule has 0 atom stereocenters. The third-order valence-corrected chi connectivity index (χ3v) is 23.6. The molecule has 0 spiro atoms. The maximum absolute atomic E-state index is 4.37. The van der Waals surface area contributed by atoms with E-state index in [1.165, 1.54) is 5.56 Å². The van der Waals surface area contributed by atoms with Gasteiger partial charge in [0, 0.05) is 6.20 Å². The van der Waals surface area contributed by atoms with Crippen LogP contribution in [-0.4, -0.2) is 20.2 Å². The molecule has 0 fully saturated rings. The van der Waals surface area contributed by atoms with Crippen LogP contribution in [0, 0.1) is 0 Å². The molecule has 1 heterocycles. The number of hydrogen-bond acceptors (Lipinski definition) is 1. The largest absolute Gasteiger partial charge is 0.257 e. The van der Waals surface area contributed by atoms with E-state index in [4.69, 9.17) is 0 Å². The number of rotatable bonds is 5. The number of nitrogens with zero attached hydrogens (tertiary/aromatic N) is 1. The minimum Gasteiger partial charge on any atom is -0.257 e. The van der Waals surface area contributed by atoms with Crippen molar-refractivity contribution in [1.82, 2.24) is 4.98 Å². The van der Waals surface area contributed by atoms with Crippen molar-refractivity contribution in [2.75, 3.05) is 0 Å². The molecule has 26 heavy (non-hydrogen) atoms. The van der Waals surface area contributed by atoms with Gasteiger partial charge in [0.1, 0.15) is 0 Å². The van der Waals surface area contributed by atoms with E-state index in [2.05, 4.69) is 97.9 Å². The van der Waals surface area contributed by atoms with Gasteiger partial charge in [-0.15, -0.1) is 0 Å².